The zero-order valence-corrected chi connectivity index (χ0v) is 27.6. The molecule has 240 valence electrons. The number of hydrogen-bond acceptors (Lipinski definition) is 10. The van der Waals surface area contributed by atoms with E-state index >= 15 is 4.39 Å². The van der Waals surface area contributed by atoms with Crippen LogP contribution in [0.3, 0.4) is 0 Å². The summed E-state index contributed by atoms with van der Waals surface area (Å²) in [6, 6.07) is 14.6. The molecule has 7 rings (SSSR count). The number of thiazole rings is 1. The molecule has 0 amide bonds. The lowest BCUT2D eigenvalue weighted by Crippen LogP contribution is -2.43. The van der Waals surface area contributed by atoms with Gasteiger partial charge in [-0.15, -0.1) is 23.1 Å². The van der Waals surface area contributed by atoms with Crippen LogP contribution in [0.25, 0.3) is 11.0 Å². The van der Waals surface area contributed by atoms with Crippen LogP contribution in [-0.2, 0) is 11.3 Å². The van der Waals surface area contributed by atoms with Crippen molar-refractivity contribution < 1.29 is 9.13 Å². The molecule has 0 aliphatic carbocycles. The van der Waals surface area contributed by atoms with Crippen LogP contribution in [0, 0.1) is 24.6 Å². The molecule has 0 unspecified atom stereocenters. The van der Waals surface area contributed by atoms with Crippen molar-refractivity contribution in [3.8, 4) is 11.8 Å². The molecule has 12 heteroatoms. The Kier molecular flexibility index (Phi) is 9.49. The third-order valence-corrected chi connectivity index (χ3v) is 10.8. The van der Waals surface area contributed by atoms with E-state index in [2.05, 4.69) is 32.4 Å². The highest BCUT2D eigenvalue weighted by molar-refractivity contribution is 8.01. The van der Waals surface area contributed by atoms with E-state index in [0.717, 1.165) is 73.3 Å². The van der Waals surface area contributed by atoms with Gasteiger partial charge in [-0.05, 0) is 55.7 Å². The van der Waals surface area contributed by atoms with Gasteiger partial charge in [0, 0.05) is 67.5 Å². The highest BCUT2D eigenvalue weighted by atomic mass is 32.2. The quantitative estimate of drug-likeness (QED) is 0.216. The summed E-state index contributed by atoms with van der Waals surface area (Å²) in [7, 11) is 0. The van der Waals surface area contributed by atoms with Crippen LogP contribution in [0.4, 0.5) is 21.7 Å². The number of pyridine rings is 1. The van der Waals surface area contributed by atoms with E-state index in [1.165, 1.54) is 6.07 Å². The minimum absolute atomic E-state index is 0.231. The normalized spacial score (nSPS) is 15.4. The topological polar surface area (TPSA) is 97.2 Å². The van der Waals surface area contributed by atoms with Crippen LogP contribution >= 0.6 is 23.1 Å². The minimum Gasteiger partial charge on any atom is -0.381 e. The van der Waals surface area contributed by atoms with Crippen molar-refractivity contribution in [1.29, 1.82) is 0 Å². The lowest BCUT2D eigenvalue weighted by atomic mass is 10.1. The number of nitrogens with zero attached hydrogens (tertiary/aromatic N) is 5. The average molecular weight is 668 g/mol. The predicted molar refractivity (Wildman–Crippen MR) is 187 cm³/mol. The van der Waals surface area contributed by atoms with Crippen LogP contribution in [0.2, 0.25) is 0 Å². The zero-order valence-electron chi connectivity index (χ0n) is 26.0. The predicted octanol–water partition coefficient (Wildman–Crippen LogP) is 5.57. The minimum atomic E-state index is -0.315. The maximum Gasteiger partial charge on any atom is 0.268 e. The van der Waals surface area contributed by atoms with E-state index in [0.29, 0.717) is 33.2 Å². The first-order valence-electron chi connectivity index (χ1n) is 15.7. The van der Waals surface area contributed by atoms with E-state index in [-0.39, 0.29) is 23.9 Å². The van der Waals surface area contributed by atoms with Gasteiger partial charge >= 0.3 is 0 Å². The van der Waals surface area contributed by atoms with Gasteiger partial charge in [-0.25, -0.2) is 14.4 Å². The number of ether oxygens (including phenoxy) is 1. The maximum absolute atomic E-state index is 15.2. The number of halogens is 1. The summed E-state index contributed by atoms with van der Waals surface area (Å²) in [4.78, 5) is 30.1. The molecule has 2 fully saturated rings. The Morgan fingerprint density at radius 1 is 1.09 bits per heavy atom. The smallest absolute Gasteiger partial charge is 0.268 e. The molecule has 2 aromatic carbocycles. The van der Waals surface area contributed by atoms with E-state index in [9.17, 15) is 4.79 Å². The number of aromatic nitrogens is 4. The SMILES string of the molecule is Cc1ccccc1C#Cc1cc2cnc(Nc3ccc(N4CCNCC4)c(F)c3)nc2n(Cc2ncsc2SC2CCOCC2)c1=O. The fourth-order valence-corrected chi connectivity index (χ4v) is 8.01. The molecular formula is C35H34FN7O2S2. The van der Waals surface area contributed by atoms with Gasteiger partial charge in [-0.1, -0.05) is 30.0 Å². The van der Waals surface area contributed by atoms with E-state index in [1.54, 1.807) is 46.0 Å². The summed E-state index contributed by atoms with van der Waals surface area (Å²) in [5.41, 5.74) is 6.17. The van der Waals surface area contributed by atoms with Crippen molar-refractivity contribution in [3.05, 3.63) is 98.8 Å². The van der Waals surface area contributed by atoms with E-state index in [4.69, 9.17) is 9.72 Å². The molecule has 0 saturated carbocycles. The van der Waals surface area contributed by atoms with Crippen molar-refractivity contribution in [3.63, 3.8) is 0 Å². The Hall–Kier alpha value is -4.28. The number of nitrogens with one attached hydrogen (secondary N) is 2. The summed E-state index contributed by atoms with van der Waals surface area (Å²) >= 11 is 3.39. The standard InChI is InChI=1S/C35H34FN7O2S2/c1-23-4-2-3-5-24(23)6-7-25-18-26-20-38-35(40-27-8-9-31(29(36)19-27)42-14-12-37-13-15-42)41-32(26)43(33(25)44)21-30-34(46-22-39-30)47-28-10-16-45-17-11-28/h2-5,8-9,18-20,22,28,37H,10-17,21H2,1H3,(H,38,40,41). The van der Waals surface area contributed by atoms with Crippen molar-refractivity contribution in [2.24, 2.45) is 0 Å². The third-order valence-electron chi connectivity index (χ3n) is 8.32. The number of hydrogen-bond donors (Lipinski definition) is 2. The number of fused-ring (bicyclic) bond motifs is 1. The van der Waals surface area contributed by atoms with Gasteiger partial charge in [0.15, 0.2) is 0 Å². The molecule has 0 atom stereocenters. The maximum atomic E-state index is 15.2. The van der Waals surface area contributed by atoms with Crippen LogP contribution in [0.1, 0.15) is 35.2 Å². The molecule has 3 aromatic heterocycles. The fraction of sp³-hybridized carbons (Fsp3) is 0.314. The Morgan fingerprint density at radius 2 is 1.89 bits per heavy atom. The monoisotopic (exact) mass is 667 g/mol. The number of rotatable bonds is 7. The molecule has 2 saturated heterocycles. The number of aryl methyl sites for hydroxylation is 1. The number of benzene rings is 2. The average Bonchev–Trinajstić information content (AvgIpc) is 3.53. The molecule has 0 spiro atoms. The number of piperazine rings is 1. The van der Waals surface area contributed by atoms with E-state index < -0.39 is 0 Å². The van der Waals surface area contributed by atoms with Gasteiger partial charge in [-0.3, -0.25) is 9.36 Å². The molecule has 2 aliphatic rings. The lowest BCUT2D eigenvalue weighted by Gasteiger charge is -2.29. The lowest BCUT2D eigenvalue weighted by molar-refractivity contribution is 0.100. The second-order valence-electron chi connectivity index (χ2n) is 11.5. The first kappa shape index (κ1) is 31.3. The molecule has 2 N–H and O–H groups in total. The first-order valence-corrected chi connectivity index (χ1v) is 17.4. The van der Waals surface area contributed by atoms with Crippen LogP contribution in [0.15, 0.2) is 69.2 Å². The van der Waals surface area contributed by atoms with Crippen LogP contribution < -0.4 is 21.1 Å². The van der Waals surface area contributed by atoms with Crippen molar-refractivity contribution in [1.82, 2.24) is 24.8 Å². The first-order chi connectivity index (χ1) is 23.0. The molecule has 5 aromatic rings. The van der Waals surface area contributed by atoms with Crippen molar-refractivity contribution >= 4 is 51.5 Å². The summed E-state index contributed by atoms with van der Waals surface area (Å²) in [6.07, 6.45) is 3.63. The molecule has 2 aliphatic heterocycles. The molecule has 9 nitrogen and oxygen atoms in total. The molecular weight excluding hydrogens is 634 g/mol. The van der Waals surface area contributed by atoms with E-state index in [1.807, 2.05) is 47.7 Å². The van der Waals surface area contributed by atoms with Crippen molar-refractivity contribution in [2.75, 3.05) is 49.6 Å². The summed E-state index contributed by atoms with van der Waals surface area (Å²) in [5.74, 6) is 6.23. The molecule has 47 heavy (non-hydrogen) atoms. The van der Waals surface area contributed by atoms with Gasteiger partial charge in [0.05, 0.1) is 33.2 Å². The zero-order chi connectivity index (χ0) is 32.2. The highest BCUT2D eigenvalue weighted by Gasteiger charge is 2.21. The Bertz CT molecular complexity index is 2020. The van der Waals surface area contributed by atoms with Crippen LogP contribution in [0.5, 0.6) is 0 Å². The summed E-state index contributed by atoms with van der Waals surface area (Å²) in [5, 5.41) is 7.54. The molecule has 5 heterocycles. The Labute approximate surface area is 280 Å². The number of anilines is 3. The van der Waals surface area contributed by atoms with Crippen molar-refractivity contribution in [2.45, 2.75) is 35.8 Å². The van der Waals surface area contributed by atoms with Crippen LogP contribution in [-0.4, -0.2) is 64.2 Å². The second-order valence-corrected chi connectivity index (χ2v) is 14.0. The third kappa shape index (κ3) is 7.18. The summed E-state index contributed by atoms with van der Waals surface area (Å²) < 4.78 is 23.4. The van der Waals surface area contributed by atoms with Gasteiger partial charge < -0.3 is 20.3 Å². The Balaban J connectivity index is 1.24. The van der Waals surface area contributed by atoms with Gasteiger partial charge in [-0.2, -0.15) is 4.98 Å². The molecule has 0 bridgehead atoms. The number of thioether (sulfide) groups is 1. The Morgan fingerprint density at radius 3 is 2.70 bits per heavy atom. The largest absolute Gasteiger partial charge is 0.381 e. The molecule has 0 radical (unpaired) electrons. The van der Waals surface area contributed by atoms with Gasteiger partial charge in [0.1, 0.15) is 11.5 Å². The summed E-state index contributed by atoms with van der Waals surface area (Å²) in [6.45, 7) is 6.88. The van der Waals surface area contributed by atoms with Gasteiger partial charge in [0.25, 0.3) is 5.56 Å². The highest BCUT2D eigenvalue weighted by Crippen LogP contribution is 2.35. The fourth-order valence-electron chi connectivity index (χ4n) is 5.73. The van der Waals surface area contributed by atoms with Gasteiger partial charge in [0.2, 0.25) is 5.95 Å². The second kappa shape index (κ2) is 14.2.